The van der Waals surface area contributed by atoms with Crippen molar-refractivity contribution in [2.75, 3.05) is 6.61 Å². The third-order valence-electron chi connectivity index (χ3n) is 3.51. The lowest BCUT2D eigenvalue weighted by Gasteiger charge is -2.22. The molecule has 2 aromatic rings. The predicted molar refractivity (Wildman–Crippen MR) is 76.4 cm³/mol. The van der Waals surface area contributed by atoms with Gasteiger partial charge in [0.1, 0.15) is 0 Å². The lowest BCUT2D eigenvalue weighted by Crippen LogP contribution is -2.22. The summed E-state index contributed by atoms with van der Waals surface area (Å²) in [5.74, 6) is 0. The number of nitrogens with zero attached hydrogens (tertiary/aromatic N) is 2. The van der Waals surface area contributed by atoms with Crippen LogP contribution in [0.4, 0.5) is 5.69 Å². The molecule has 1 atom stereocenters. The fourth-order valence-corrected chi connectivity index (χ4v) is 2.46. The maximum Gasteiger partial charge on any atom is 0.196 e. The molecule has 1 saturated heterocycles. The summed E-state index contributed by atoms with van der Waals surface area (Å²) in [5.41, 5.74) is 2.48. The Morgan fingerprint density at radius 2 is 2.30 bits per heavy atom. The summed E-state index contributed by atoms with van der Waals surface area (Å²) in [6, 6.07) is 7.53. The molecule has 0 saturated carbocycles. The lowest BCUT2D eigenvalue weighted by atomic mass is 10.1. The van der Waals surface area contributed by atoms with Crippen LogP contribution in [0.25, 0.3) is 15.7 Å². The largest absolute Gasteiger partial charge is 0.353 e. The van der Waals surface area contributed by atoms with Crippen molar-refractivity contribution in [2.24, 2.45) is 0 Å². The number of rotatable bonds is 3. The number of aromatic nitrogens is 1. The maximum atomic E-state index is 7.20. The smallest absolute Gasteiger partial charge is 0.196 e. The Hall–Kier alpha value is -1.96. The van der Waals surface area contributed by atoms with Crippen molar-refractivity contribution in [3.63, 3.8) is 0 Å². The van der Waals surface area contributed by atoms with Gasteiger partial charge in [0.05, 0.1) is 18.7 Å². The van der Waals surface area contributed by atoms with Gasteiger partial charge in [-0.2, -0.15) is 0 Å². The van der Waals surface area contributed by atoms with E-state index in [-0.39, 0.29) is 6.29 Å². The van der Waals surface area contributed by atoms with E-state index in [2.05, 4.69) is 9.83 Å². The second-order valence-electron chi connectivity index (χ2n) is 4.86. The molecule has 1 aromatic carbocycles. The van der Waals surface area contributed by atoms with E-state index in [4.69, 9.17) is 16.0 Å². The van der Waals surface area contributed by atoms with E-state index < -0.39 is 0 Å². The molecule has 20 heavy (non-hydrogen) atoms. The number of hydrogen-bond donors (Lipinski definition) is 0. The lowest BCUT2D eigenvalue weighted by molar-refractivity contribution is -0.168. The highest BCUT2D eigenvalue weighted by Crippen LogP contribution is 2.28. The van der Waals surface area contributed by atoms with E-state index in [1.807, 2.05) is 24.3 Å². The first-order chi connectivity index (χ1) is 9.88. The number of fused-ring (bicyclic) bond motifs is 1. The first kappa shape index (κ1) is 13.0. The fourth-order valence-electron chi connectivity index (χ4n) is 2.46. The van der Waals surface area contributed by atoms with Gasteiger partial charge in [-0.3, -0.25) is 4.98 Å². The summed E-state index contributed by atoms with van der Waals surface area (Å²) in [5, 5.41) is 0.883. The zero-order valence-electron chi connectivity index (χ0n) is 11.2. The minimum atomic E-state index is -0.108. The molecule has 0 amide bonds. The summed E-state index contributed by atoms with van der Waals surface area (Å²) >= 11 is 0. The van der Waals surface area contributed by atoms with Crippen LogP contribution in [0.3, 0.4) is 0 Å². The number of pyridine rings is 1. The molecule has 0 N–H and O–H groups in total. The van der Waals surface area contributed by atoms with E-state index >= 15 is 0 Å². The van der Waals surface area contributed by atoms with Gasteiger partial charge in [0, 0.05) is 23.8 Å². The standard InChI is InChI=1S/C16H16N2O2/c1-17-14-8-7-12(16-13(14)5-4-9-18-16)11-20-15-6-2-3-10-19-15/h4-5,7-9,15H,2-3,6,10-11H2. The molecule has 0 spiro atoms. The molecule has 102 valence electrons. The SMILES string of the molecule is [C-]#[N+]c1ccc(COC2CCCCO2)c2ncccc12. The molecule has 4 heteroatoms. The molecular formula is C16H16N2O2. The monoisotopic (exact) mass is 268 g/mol. The van der Waals surface area contributed by atoms with Crippen LogP contribution in [0.5, 0.6) is 0 Å². The summed E-state index contributed by atoms with van der Waals surface area (Å²) in [6.07, 6.45) is 4.86. The zero-order chi connectivity index (χ0) is 13.8. The topological polar surface area (TPSA) is 35.7 Å². The first-order valence-electron chi connectivity index (χ1n) is 6.86. The Kier molecular flexibility index (Phi) is 3.91. The van der Waals surface area contributed by atoms with Crippen LogP contribution < -0.4 is 0 Å². The van der Waals surface area contributed by atoms with Gasteiger partial charge in [0.15, 0.2) is 12.0 Å². The second-order valence-corrected chi connectivity index (χ2v) is 4.86. The van der Waals surface area contributed by atoms with Gasteiger partial charge in [-0.15, -0.1) is 0 Å². The molecule has 1 aliphatic heterocycles. The second kappa shape index (κ2) is 6.00. The van der Waals surface area contributed by atoms with Crippen LogP contribution in [-0.4, -0.2) is 17.9 Å². The molecule has 2 heterocycles. The normalized spacial score (nSPS) is 18.9. The molecule has 1 aromatic heterocycles. The Morgan fingerprint density at radius 3 is 3.10 bits per heavy atom. The average Bonchev–Trinajstić information content (AvgIpc) is 2.53. The van der Waals surface area contributed by atoms with Gasteiger partial charge in [-0.25, -0.2) is 4.85 Å². The summed E-state index contributed by atoms with van der Waals surface area (Å²) in [7, 11) is 0. The Bertz CT molecular complexity index is 642. The third kappa shape index (κ3) is 2.64. The van der Waals surface area contributed by atoms with Crippen molar-refractivity contribution < 1.29 is 9.47 Å². The van der Waals surface area contributed by atoms with Gasteiger partial charge < -0.3 is 9.47 Å². The Morgan fingerprint density at radius 1 is 1.35 bits per heavy atom. The molecule has 3 rings (SSSR count). The molecule has 0 bridgehead atoms. The Labute approximate surface area is 118 Å². The predicted octanol–water partition coefficient (Wildman–Crippen LogP) is 3.83. The quantitative estimate of drug-likeness (QED) is 0.794. The van der Waals surface area contributed by atoms with E-state index in [9.17, 15) is 0 Å². The summed E-state index contributed by atoms with van der Waals surface area (Å²) in [6.45, 7) is 8.45. The van der Waals surface area contributed by atoms with Crippen molar-refractivity contribution in [3.05, 3.63) is 47.4 Å². The third-order valence-corrected chi connectivity index (χ3v) is 3.51. The molecule has 1 fully saturated rings. The van der Waals surface area contributed by atoms with E-state index in [0.717, 1.165) is 42.3 Å². The van der Waals surface area contributed by atoms with Crippen LogP contribution >= 0.6 is 0 Å². The van der Waals surface area contributed by atoms with E-state index in [1.165, 1.54) is 0 Å². The summed E-state index contributed by atoms with van der Waals surface area (Å²) in [4.78, 5) is 7.92. The molecule has 4 nitrogen and oxygen atoms in total. The van der Waals surface area contributed by atoms with Crippen LogP contribution in [0.2, 0.25) is 0 Å². The van der Waals surface area contributed by atoms with Crippen molar-refractivity contribution >= 4 is 16.6 Å². The van der Waals surface area contributed by atoms with Crippen LogP contribution in [0, 0.1) is 6.57 Å². The van der Waals surface area contributed by atoms with Crippen LogP contribution in [-0.2, 0) is 16.1 Å². The number of benzene rings is 1. The number of hydrogen-bond acceptors (Lipinski definition) is 3. The first-order valence-corrected chi connectivity index (χ1v) is 6.86. The van der Waals surface area contributed by atoms with Gasteiger partial charge in [0.25, 0.3) is 0 Å². The zero-order valence-corrected chi connectivity index (χ0v) is 11.2. The van der Waals surface area contributed by atoms with Crippen LogP contribution in [0.15, 0.2) is 30.5 Å². The van der Waals surface area contributed by atoms with Crippen molar-refractivity contribution in [1.29, 1.82) is 0 Å². The molecule has 1 aliphatic rings. The highest BCUT2D eigenvalue weighted by Gasteiger charge is 2.15. The average molecular weight is 268 g/mol. The molecule has 0 aliphatic carbocycles. The Balaban J connectivity index is 1.83. The van der Waals surface area contributed by atoms with Crippen molar-refractivity contribution in [1.82, 2.24) is 4.98 Å². The number of ether oxygens (including phenoxy) is 2. The fraction of sp³-hybridized carbons (Fsp3) is 0.375. The van der Waals surface area contributed by atoms with E-state index in [1.54, 1.807) is 6.20 Å². The molecule has 0 radical (unpaired) electrons. The maximum absolute atomic E-state index is 7.20. The van der Waals surface area contributed by atoms with Gasteiger partial charge in [-0.05, 0) is 25.3 Å². The minimum Gasteiger partial charge on any atom is -0.353 e. The highest BCUT2D eigenvalue weighted by molar-refractivity contribution is 5.93. The van der Waals surface area contributed by atoms with Crippen molar-refractivity contribution in [2.45, 2.75) is 32.2 Å². The van der Waals surface area contributed by atoms with Crippen LogP contribution in [0.1, 0.15) is 24.8 Å². The van der Waals surface area contributed by atoms with Crippen molar-refractivity contribution in [3.8, 4) is 0 Å². The van der Waals surface area contributed by atoms with Gasteiger partial charge in [0.2, 0.25) is 0 Å². The van der Waals surface area contributed by atoms with E-state index in [0.29, 0.717) is 12.3 Å². The van der Waals surface area contributed by atoms with Gasteiger partial charge in [-0.1, -0.05) is 18.2 Å². The highest BCUT2D eigenvalue weighted by atomic mass is 16.7. The molecular weight excluding hydrogens is 252 g/mol. The molecule has 1 unspecified atom stereocenters. The van der Waals surface area contributed by atoms with Gasteiger partial charge >= 0.3 is 0 Å². The minimum absolute atomic E-state index is 0.108. The summed E-state index contributed by atoms with van der Waals surface area (Å²) < 4.78 is 11.4.